The van der Waals surface area contributed by atoms with Crippen LogP contribution >= 0.6 is 0 Å². The van der Waals surface area contributed by atoms with Gasteiger partial charge in [0.2, 0.25) is 17.7 Å². The average Bonchev–Trinajstić information content (AvgIpc) is 1.65. The van der Waals surface area contributed by atoms with Gasteiger partial charge in [0.15, 0.2) is 0 Å². The molecule has 2 atom stereocenters. The van der Waals surface area contributed by atoms with Crippen LogP contribution in [0, 0.1) is 45.6 Å². The van der Waals surface area contributed by atoms with Crippen molar-refractivity contribution in [2.75, 3.05) is 93.8 Å². The van der Waals surface area contributed by atoms with Crippen LogP contribution in [0.2, 0.25) is 0 Å². The van der Waals surface area contributed by atoms with E-state index in [2.05, 4.69) is 163 Å². The Morgan fingerprint density at radius 2 is 0.684 bits per heavy atom. The zero-order valence-electron chi connectivity index (χ0n) is 74.5. The van der Waals surface area contributed by atoms with Crippen molar-refractivity contribution >= 4 is 17.7 Å². The van der Waals surface area contributed by atoms with Crippen molar-refractivity contribution in [3.05, 3.63) is 141 Å². The maximum atomic E-state index is 13.3. The quantitative estimate of drug-likeness (QED) is 0.0289. The van der Waals surface area contributed by atoms with E-state index in [1.54, 1.807) is 24.3 Å². The second kappa shape index (κ2) is 45.3. The Morgan fingerprint density at radius 1 is 0.402 bits per heavy atom. The van der Waals surface area contributed by atoms with Gasteiger partial charge in [-0.2, -0.15) is 20.4 Å². The highest BCUT2D eigenvalue weighted by Gasteiger charge is 2.52. The van der Waals surface area contributed by atoms with Gasteiger partial charge in [-0.25, -0.2) is 8.78 Å². The molecule has 4 N–H and O–H groups in total. The van der Waals surface area contributed by atoms with Gasteiger partial charge in [-0.1, -0.05) is 119 Å². The minimum absolute atomic E-state index is 0.0660. The third-order valence-electron chi connectivity index (χ3n) is 26.7. The number of carbonyl (C=O) groups excluding carboxylic acids is 3. The molecule has 2 aromatic carbocycles. The van der Waals surface area contributed by atoms with E-state index in [-0.39, 0.29) is 40.1 Å². The van der Waals surface area contributed by atoms with E-state index in [1.807, 2.05) is 34.6 Å². The minimum Gasteiger partial charge on any atom is -0.378 e. The molecule has 7 fully saturated rings. The lowest BCUT2D eigenvalue weighted by atomic mass is 9.68. The Kier molecular flexibility index (Phi) is 35.8. The fourth-order valence-corrected chi connectivity index (χ4v) is 19.8. The normalized spacial score (nSPS) is 24.3. The molecule has 13 rings (SSSR count). The van der Waals surface area contributed by atoms with E-state index in [0.29, 0.717) is 72.2 Å². The van der Waals surface area contributed by atoms with Gasteiger partial charge in [0.05, 0.1) is 53.2 Å². The molecule has 0 bridgehead atoms. The van der Waals surface area contributed by atoms with Gasteiger partial charge in [-0.15, -0.1) is 0 Å². The Hall–Kier alpha value is -6.69. The third kappa shape index (κ3) is 26.2. The van der Waals surface area contributed by atoms with Gasteiger partial charge in [-0.05, 0) is 249 Å². The first-order valence-corrected chi connectivity index (χ1v) is 45.8. The summed E-state index contributed by atoms with van der Waals surface area (Å²) in [7, 11) is 8.75. The second-order valence-electron chi connectivity index (χ2n) is 38.0. The van der Waals surface area contributed by atoms with E-state index in [0.717, 1.165) is 218 Å². The zero-order valence-corrected chi connectivity index (χ0v) is 74.5. The number of unbranched alkanes of at least 4 members (excludes halogenated alkanes) is 4. The smallest absolute Gasteiger partial charge is 0.229 e. The van der Waals surface area contributed by atoms with Gasteiger partial charge < -0.3 is 43.8 Å². The number of nitrogens with zero attached hydrogens (tertiary/aromatic N) is 11. The Bertz CT molecular complexity index is 3720. The molecule has 0 radical (unpaired) electrons. The Balaban J connectivity index is 0.000000165. The van der Waals surface area contributed by atoms with Gasteiger partial charge in [-0.3, -0.25) is 34.8 Å². The third-order valence-corrected chi connectivity index (χ3v) is 26.7. The lowest BCUT2D eigenvalue weighted by molar-refractivity contribution is -0.139. The first-order valence-electron chi connectivity index (χ1n) is 45.8. The summed E-state index contributed by atoms with van der Waals surface area (Å²) in [5, 5.41) is 30.6. The largest absolute Gasteiger partial charge is 0.378 e. The Labute approximate surface area is 702 Å². The lowest BCUT2D eigenvalue weighted by Crippen LogP contribution is -2.38. The van der Waals surface area contributed by atoms with Crippen LogP contribution in [0.4, 0.5) is 8.78 Å². The van der Waals surface area contributed by atoms with Gasteiger partial charge in [0.1, 0.15) is 11.6 Å². The van der Waals surface area contributed by atoms with Crippen LogP contribution in [-0.4, -0.2) is 199 Å². The van der Waals surface area contributed by atoms with Crippen molar-refractivity contribution in [3.63, 3.8) is 0 Å². The molecule has 7 heterocycles. The summed E-state index contributed by atoms with van der Waals surface area (Å²) in [6, 6.07) is 13.0. The molecule has 3 amide bonds. The maximum absolute atomic E-state index is 13.3. The van der Waals surface area contributed by atoms with E-state index in [1.165, 1.54) is 121 Å². The van der Waals surface area contributed by atoms with Crippen LogP contribution in [0.5, 0.6) is 0 Å². The van der Waals surface area contributed by atoms with Gasteiger partial charge in [0.25, 0.3) is 0 Å². The molecule has 3 spiro atoms. The summed E-state index contributed by atoms with van der Waals surface area (Å²) >= 11 is 0. The molecule has 3 saturated heterocycles. The first kappa shape index (κ1) is 92.6. The molecular formula is C95H151F2N15O5. The van der Waals surface area contributed by atoms with Crippen LogP contribution in [-0.2, 0) is 63.1 Å². The highest BCUT2D eigenvalue weighted by molar-refractivity contribution is 5.86. The predicted octanol–water partition coefficient (Wildman–Crippen LogP) is 18.9. The molecule has 2 unspecified atom stereocenters. The number of amides is 3. The molecule has 22 heteroatoms. The number of likely N-dealkylation sites (tertiary alicyclic amines) is 3. The monoisotopic (exact) mass is 1620 g/mol. The summed E-state index contributed by atoms with van der Waals surface area (Å²) in [6.45, 7) is 36.7. The molecular weight excluding hydrogens is 1470 g/mol. The number of carbonyl (C=O) groups is 3. The highest BCUT2D eigenvalue weighted by atomic mass is 19.1. The van der Waals surface area contributed by atoms with Crippen LogP contribution in [0.3, 0.4) is 0 Å². The summed E-state index contributed by atoms with van der Waals surface area (Å²) < 4.78 is 38.9. The van der Waals surface area contributed by atoms with E-state index >= 15 is 0 Å². The number of aromatic amines is 4. The van der Waals surface area contributed by atoms with Crippen LogP contribution < -0.4 is 0 Å². The predicted molar refractivity (Wildman–Crippen MR) is 465 cm³/mol. The highest BCUT2D eigenvalue weighted by Crippen LogP contribution is 2.53. The van der Waals surface area contributed by atoms with Gasteiger partial charge >= 0.3 is 0 Å². The molecule has 650 valence electrons. The average molecular weight is 1620 g/mol. The molecule has 7 aliphatic rings. The SMILES string of the molecule is CCCCN(C)Cc1cn[nH]c1C1CC(OCC(C)C)CC(OCC(C)C)C1.CCCCN(C)Cc1cn[nH]c1C1CCC2(CC1)CCN(CC(C)C)C2=O.CCCCN(C)Cc1cn[nH]c1C1CCC2(CC1)CCN(Cc1ccc(F)cc1)C2=O.CCCCN(C)Cc1cn[nH]c1C1CCC2(CC1)CCN(Cc1ccc(F)cc1)C2=O. The maximum Gasteiger partial charge on any atom is 0.229 e. The molecule has 4 aromatic heterocycles. The number of ether oxygens (including phenoxy) is 2. The van der Waals surface area contributed by atoms with Crippen molar-refractivity contribution in [1.82, 2.24) is 75.1 Å². The number of rotatable bonds is 36. The van der Waals surface area contributed by atoms with Crippen molar-refractivity contribution in [1.29, 1.82) is 0 Å². The summed E-state index contributed by atoms with van der Waals surface area (Å²) in [6.07, 6.45) is 36.6. The molecule has 3 aliphatic heterocycles. The van der Waals surface area contributed by atoms with Crippen molar-refractivity contribution in [2.24, 2.45) is 34.0 Å². The number of hydrogen-bond acceptors (Lipinski definition) is 13. The standard InChI is InChI=1S/2C25H35FN4O.C23H43N3O2.C22H38N4O/c2*1-3-4-14-29(2)18-21-16-27-28-23(21)20-9-11-25(12-10-20)13-15-30(24(25)31)17-19-5-7-22(26)8-6-19;1-7-8-9-26(6)14-20-13-24-25-23(20)19-10-21(27-15-17(2)3)12-22(11-19)28-16-18(4)5;1-5-6-12-25(4)16-19-14-23-24-20(19)18-7-9-22(10-8-18)11-13-26(21(22)27)15-17(2)3/h2*5-8,16,20H,3-4,9-15,17-18H2,1-2H3,(H,27,28);13,17-19,21-22H,7-12,14-16H2,1-6H3,(H,24,25);14,17-18H,5-13,15-16H2,1-4H3,(H,23,24). The van der Waals surface area contributed by atoms with E-state index < -0.39 is 0 Å². The fraction of sp³-hybridized carbons (Fsp3) is 0.716. The van der Waals surface area contributed by atoms with Crippen LogP contribution in [0.25, 0.3) is 0 Å². The van der Waals surface area contributed by atoms with Crippen LogP contribution in [0.15, 0.2) is 73.3 Å². The summed E-state index contributed by atoms with van der Waals surface area (Å²) in [5.41, 5.74) is 11.9. The Morgan fingerprint density at radius 3 is 0.966 bits per heavy atom. The van der Waals surface area contributed by atoms with Crippen molar-refractivity contribution in [3.8, 4) is 0 Å². The molecule has 4 saturated carbocycles. The van der Waals surface area contributed by atoms with Crippen LogP contribution in [0.1, 0.15) is 316 Å². The number of aromatic nitrogens is 8. The van der Waals surface area contributed by atoms with Gasteiger partial charge in [0, 0.05) is 147 Å². The molecule has 20 nitrogen and oxygen atoms in total. The summed E-state index contributed by atoms with van der Waals surface area (Å²) in [5.74, 6) is 4.09. The first-order chi connectivity index (χ1) is 56.3. The zero-order chi connectivity index (χ0) is 83.7. The number of H-pyrrole nitrogens is 4. The molecule has 4 aliphatic carbocycles. The fourth-order valence-electron chi connectivity index (χ4n) is 19.8. The summed E-state index contributed by atoms with van der Waals surface area (Å²) in [4.78, 5) is 55.2. The number of hydrogen-bond donors (Lipinski definition) is 4. The molecule has 117 heavy (non-hydrogen) atoms. The van der Waals surface area contributed by atoms with Crippen molar-refractivity contribution < 1.29 is 32.6 Å². The minimum atomic E-state index is -0.235. The number of halogens is 2. The number of nitrogens with one attached hydrogen (secondary N) is 4. The number of benzene rings is 2. The van der Waals surface area contributed by atoms with E-state index in [4.69, 9.17) is 9.47 Å². The van der Waals surface area contributed by atoms with E-state index in [9.17, 15) is 23.2 Å². The second-order valence-corrected chi connectivity index (χ2v) is 38.0. The van der Waals surface area contributed by atoms with Crippen molar-refractivity contribution in [2.45, 2.75) is 311 Å². The molecule has 6 aromatic rings. The topological polar surface area (TPSA) is 207 Å². The lowest BCUT2D eigenvalue weighted by Gasteiger charge is -2.36.